The van der Waals surface area contributed by atoms with Crippen LogP contribution in [0.5, 0.6) is 0 Å². The molecule has 2 nitrogen and oxygen atoms in total. The molecule has 2 aromatic rings. The molecule has 3 rings (SSSR count). The van der Waals surface area contributed by atoms with Gasteiger partial charge in [0.2, 0.25) is 0 Å². The minimum Gasteiger partial charge on any atom is -0.299 e. The smallest absolute Gasteiger partial charge is 0.101 e. The van der Waals surface area contributed by atoms with Crippen LogP contribution in [0.25, 0.3) is 0 Å². The first-order valence-electron chi connectivity index (χ1n) is 6.72. The van der Waals surface area contributed by atoms with Gasteiger partial charge in [-0.25, -0.2) is 4.98 Å². The molecule has 1 saturated heterocycles. The van der Waals surface area contributed by atoms with E-state index in [1.54, 1.807) is 11.8 Å². The largest absolute Gasteiger partial charge is 0.299 e. The molecule has 0 spiro atoms. The van der Waals surface area contributed by atoms with Gasteiger partial charge in [0.15, 0.2) is 0 Å². The molecule has 2 heterocycles. The normalized spacial score (nSPS) is 19.7. The Hall–Kier alpha value is -1.32. The lowest BCUT2D eigenvalue weighted by atomic mass is 10.1. The SMILES string of the molecule is CN1CCCC1c1ccc(Sc2ccccc2)nc1. The summed E-state index contributed by atoms with van der Waals surface area (Å²) in [4.78, 5) is 8.24. The van der Waals surface area contributed by atoms with Gasteiger partial charge in [-0.15, -0.1) is 0 Å². The van der Waals surface area contributed by atoms with E-state index in [0.717, 1.165) is 5.03 Å². The van der Waals surface area contributed by atoms with Crippen molar-refractivity contribution < 1.29 is 0 Å². The van der Waals surface area contributed by atoms with Crippen molar-refractivity contribution in [2.75, 3.05) is 13.6 Å². The zero-order valence-electron chi connectivity index (χ0n) is 11.1. The molecule has 1 aromatic carbocycles. The van der Waals surface area contributed by atoms with Gasteiger partial charge in [-0.05, 0) is 50.2 Å². The lowest BCUT2D eigenvalue weighted by Crippen LogP contribution is -2.17. The molecule has 19 heavy (non-hydrogen) atoms. The minimum atomic E-state index is 0.559. The van der Waals surface area contributed by atoms with Gasteiger partial charge < -0.3 is 0 Å². The first kappa shape index (κ1) is 12.7. The van der Waals surface area contributed by atoms with Gasteiger partial charge in [-0.3, -0.25) is 4.90 Å². The lowest BCUT2D eigenvalue weighted by Gasteiger charge is -2.19. The van der Waals surface area contributed by atoms with Gasteiger partial charge in [0.25, 0.3) is 0 Å². The molecule has 98 valence electrons. The molecule has 0 aliphatic carbocycles. The second-order valence-corrected chi connectivity index (χ2v) is 6.08. The van der Waals surface area contributed by atoms with Crippen LogP contribution in [0.15, 0.2) is 58.6 Å². The molecular weight excluding hydrogens is 252 g/mol. The lowest BCUT2D eigenvalue weighted by molar-refractivity contribution is 0.317. The highest BCUT2D eigenvalue weighted by Crippen LogP contribution is 2.31. The zero-order valence-corrected chi connectivity index (χ0v) is 11.9. The van der Waals surface area contributed by atoms with E-state index < -0.39 is 0 Å². The average Bonchev–Trinajstić information content (AvgIpc) is 2.87. The van der Waals surface area contributed by atoms with Gasteiger partial charge in [-0.2, -0.15) is 0 Å². The molecule has 1 aliphatic rings. The standard InChI is InChI=1S/C16H18N2S/c1-18-11-5-8-15(18)13-9-10-16(17-12-13)19-14-6-3-2-4-7-14/h2-4,6-7,9-10,12,15H,5,8,11H2,1H3. The Balaban J connectivity index is 1.72. The van der Waals surface area contributed by atoms with E-state index in [2.05, 4.69) is 53.3 Å². The van der Waals surface area contributed by atoms with Crippen LogP contribution in [-0.2, 0) is 0 Å². The summed E-state index contributed by atoms with van der Waals surface area (Å²) < 4.78 is 0. The maximum atomic E-state index is 4.59. The Labute approximate surface area is 118 Å². The van der Waals surface area contributed by atoms with E-state index in [-0.39, 0.29) is 0 Å². The number of benzene rings is 1. The molecule has 0 N–H and O–H groups in total. The molecule has 1 aromatic heterocycles. The summed E-state index contributed by atoms with van der Waals surface area (Å²) in [6.07, 6.45) is 4.59. The number of hydrogen-bond acceptors (Lipinski definition) is 3. The van der Waals surface area contributed by atoms with Crippen molar-refractivity contribution in [3.05, 3.63) is 54.2 Å². The van der Waals surface area contributed by atoms with Crippen molar-refractivity contribution >= 4 is 11.8 Å². The van der Waals surface area contributed by atoms with Gasteiger partial charge in [0.05, 0.1) is 0 Å². The van der Waals surface area contributed by atoms with Crippen LogP contribution in [0.4, 0.5) is 0 Å². The maximum Gasteiger partial charge on any atom is 0.101 e. The molecule has 0 saturated carbocycles. The molecule has 1 atom stereocenters. The molecular formula is C16H18N2S. The van der Waals surface area contributed by atoms with E-state index >= 15 is 0 Å². The van der Waals surface area contributed by atoms with Gasteiger partial charge in [-0.1, -0.05) is 36.0 Å². The van der Waals surface area contributed by atoms with Crippen LogP contribution < -0.4 is 0 Å². The minimum absolute atomic E-state index is 0.559. The highest BCUT2D eigenvalue weighted by atomic mass is 32.2. The Bertz CT molecular complexity index is 524. The van der Waals surface area contributed by atoms with Crippen molar-refractivity contribution in [1.82, 2.24) is 9.88 Å². The summed E-state index contributed by atoms with van der Waals surface area (Å²) in [6.45, 7) is 1.20. The number of rotatable bonds is 3. The Kier molecular flexibility index (Phi) is 3.85. The molecule has 0 radical (unpaired) electrons. The van der Waals surface area contributed by atoms with Gasteiger partial charge in [0.1, 0.15) is 5.03 Å². The predicted octanol–water partition coefficient (Wildman–Crippen LogP) is 4.00. The van der Waals surface area contributed by atoms with Crippen LogP contribution in [0.1, 0.15) is 24.4 Å². The molecule has 3 heteroatoms. The molecule has 1 unspecified atom stereocenters. The van der Waals surface area contributed by atoms with Crippen molar-refractivity contribution in [3.63, 3.8) is 0 Å². The maximum absolute atomic E-state index is 4.59. The van der Waals surface area contributed by atoms with Crippen LogP contribution in [0, 0.1) is 0 Å². The third-order valence-electron chi connectivity index (χ3n) is 3.63. The Morgan fingerprint density at radius 1 is 1.16 bits per heavy atom. The molecule has 1 aliphatic heterocycles. The van der Waals surface area contributed by atoms with E-state index in [1.807, 2.05) is 12.3 Å². The highest BCUT2D eigenvalue weighted by Gasteiger charge is 2.22. The van der Waals surface area contributed by atoms with Crippen LogP contribution in [0.3, 0.4) is 0 Å². The molecule has 0 amide bonds. The first-order valence-corrected chi connectivity index (χ1v) is 7.54. The second kappa shape index (κ2) is 5.76. The fraction of sp³-hybridized carbons (Fsp3) is 0.312. The molecule has 1 fully saturated rings. The number of pyridine rings is 1. The summed E-state index contributed by atoms with van der Waals surface area (Å²) in [6, 6.07) is 15.3. The first-order chi connectivity index (χ1) is 9.33. The van der Waals surface area contributed by atoms with Crippen LogP contribution >= 0.6 is 11.8 Å². The highest BCUT2D eigenvalue weighted by molar-refractivity contribution is 7.99. The van der Waals surface area contributed by atoms with E-state index in [1.165, 1.54) is 29.8 Å². The summed E-state index contributed by atoms with van der Waals surface area (Å²) in [5.41, 5.74) is 1.34. The third-order valence-corrected chi connectivity index (χ3v) is 4.59. The van der Waals surface area contributed by atoms with Gasteiger partial charge in [0, 0.05) is 17.1 Å². The Morgan fingerprint density at radius 2 is 2.00 bits per heavy atom. The second-order valence-electron chi connectivity index (χ2n) is 4.98. The van der Waals surface area contributed by atoms with Crippen molar-refractivity contribution in [2.24, 2.45) is 0 Å². The van der Waals surface area contributed by atoms with Crippen molar-refractivity contribution in [1.29, 1.82) is 0 Å². The van der Waals surface area contributed by atoms with Crippen LogP contribution in [-0.4, -0.2) is 23.5 Å². The summed E-state index contributed by atoms with van der Waals surface area (Å²) in [5.74, 6) is 0. The predicted molar refractivity (Wildman–Crippen MR) is 79.4 cm³/mol. The van der Waals surface area contributed by atoms with Crippen molar-refractivity contribution in [3.8, 4) is 0 Å². The van der Waals surface area contributed by atoms with E-state index in [4.69, 9.17) is 0 Å². The third kappa shape index (κ3) is 2.99. The summed E-state index contributed by atoms with van der Waals surface area (Å²) in [5, 5.41) is 1.07. The topological polar surface area (TPSA) is 16.1 Å². The van der Waals surface area contributed by atoms with Crippen molar-refractivity contribution in [2.45, 2.75) is 28.8 Å². The number of aromatic nitrogens is 1. The number of nitrogens with zero attached hydrogens (tertiary/aromatic N) is 2. The zero-order chi connectivity index (χ0) is 13.1. The molecule has 0 bridgehead atoms. The average molecular weight is 270 g/mol. The fourth-order valence-corrected chi connectivity index (χ4v) is 3.37. The quantitative estimate of drug-likeness (QED) is 0.838. The number of hydrogen-bond donors (Lipinski definition) is 0. The summed E-state index contributed by atoms with van der Waals surface area (Å²) >= 11 is 1.71. The Morgan fingerprint density at radius 3 is 2.63 bits per heavy atom. The fourth-order valence-electron chi connectivity index (χ4n) is 2.59. The number of likely N-dealkylation sites (tertiary alicyclic amines) is 1. The van der Waals surface area contributed by atoms with E-state index in [9.17, 15) is 0 Å². The van der Waals surface area contributed by atoms with Gasteiger partial charge >= 0.3 is 0 Å². The summed E-state index contributed by atoms with van der Waals surface area (Å²) in [7, 11) is 2.20. The van der Waals surface area contributed by atoms with Crippen LogP contribution in [0.2, 0.25) is 0 Å². The monoisotopic (exact) mass is 270 g/mol. The van der Waals surface area contributed by atoms with E-state index in [0.29, 0.717) is 6.04 Å².